The molecule has 0 saturated carbocycles. The van der Waals surface area contributed by atoms with Crippen molar-refractivity contribution in [2.45, 2.75) is 19.3 Å². The second kappa shape index (κ2) is 3.39. The molecule has 0 aromatic rings. The van der Waals surface area contributed by atoms with Gasteiger partial charge in [0, 0.05) is 13.1 Å². The molecule has 0 saturated heterocycles. The number of nitrogens with zero attached hydrogens (tertiary/aromatic N) is 2. The smallest absolute Gasteiger partial charge is 0.0892 e. The number of aliphatic imine (C=N–C) groups is 2. The Morgan fingerprint density at radius 1 is 0.875 bits per heavy atom. The Morgan fingerprint density at radius 3 is 2.12 bits per heavy atom. The van der Waals surface area contributed by atoms with E-state index < -0.39 is 0 Å². The third-order valence-electron chi connectivity index (χ3n) is 1.18. The molecule has 0 unspecified atom stereocenters. The van der Waals surface area contributed by atoms with E-state index in [1.165, 1.54) is 19.3 Å². The van der Waals surface area contributed by atoms with Crippen LogP contribution in [0.15, 0.2) is 9.98 Å². The van der Waals surface area contributed by atoms with Crippen LogP contribution in [0.5, 0.6) is 0 Å². The van der Waals surface area contributed by atoms with E-state index in [0.29, 0.717) is 0 Å². The van der Waals surface area contributed by atoms with Crippen LogP contribution in [0, 0.1) is 0 Å². The van der Waals surface area contributed by atoms with Crippen LogP contribution in [0.1, 0.15) is 19.3 Å². The highest BCUT2D eigenvalue weighted by Crippen LogP contribution is 1.96. The summed E-state index contributed by atoms with van der Waals surface area (Å²) >= 11 is 0. The minimum atomic E-state index is 0.920. The summed E-state index contributed by atoms with van der Waals surface area (Å²) in [5.41, 5.74) is 0. The second-order valence-electron chi connectivity index (χ2n) is 1.92. The SMILES string of the molecule is C1=NCCCCCN=1. The van der Waals surface area contributed by atoms with Crippen molar-refractivity contribution in [1.29, 1.82) is 0 Å². The van der Waals surface area contributed by atoms with Crippen molar-refractivity contribution < 1.29 is 0 Å². The largest absolute Gasteiger partial charge is 0.226 e. The monoisotopic (exact) mass is 110 g/mol. The lowest BCUT2D eigenvalue weighted by Crippen LogP contribution is -1.87. The lowest BCUT2D eigenvalue weighted by atomic mass is 10.2. The third kappa shape index (κ3) is 1.90. The molecule has 0 aromatic carbocycles. The maximum absolute atomic E-state index is 3.91. The van der Waals surface area contributed by atoms with Crippen molar-refractivity contribution in [3.63, 3.8) is 0 Å². The first-order valence-electron chi connectivity index (χ1n) is 3.08. The van der Waals surface area contributed by atoms with Gasteiger partial charge in [0.15, 0.2) is 0 Å². The van der Waals surface area contributed by atoms with Crippen LogP contribution >= 0.6 is 0 Å². The van der Waals surface area contributed by atoms with Crippen molar-refractivity contribution in [3.05, 3.63) is 0 Å². The Balaban J connectivity index is 2.36. The molecule has 1 heterocycles. The predicted octanol–water partition coefficient (Wildman–Crippen LogP) is 1.34. The predicted molar refractivity (Wildman–Crippen MR) is 33.4 cm³/mol. The van der Waals surface area contributed by atoms with Gasteiger partial charge in [-0.2, -0.15) is 0 Å². The Hall–Kier alpha value is -0.620. The van der Waals surface area contributed by atoms with Gasteiger partial charge in [0.1, 0.15) is 0 Å². The summed E-state index contributed by atoms with van der Waals surface area (Å²) in [4.78, 5) is 7.83. The molecular formula is C6H10N2. The average molecular weight is 110 g/mol. The molecule has 0 radical (unpaired) electrons. The van der Waals surface area contributed by atoms with E-state index >= 15 is 0 Å². The summed E-state index contributed by atoms with van der Waals surface area (Å²) in [6.07, 6.45) is 3.69. The summed E-state index contributed by atoms with van der Waals surface area (Å²) in [5, 5.41) is 0. The Labute approximate surface area is 49.3 Å². The van der Waals surface area contributed by atoms with Gasteiger partial charge >= 0.3 is 0 Å². The maximum atomic E-state index is 3.91. The highest BCUT2D eigenvalue weighted by molar-refractivity contribution is 5.40. The van der Waals surface area contributed by atoms with Crippen LogP contribution in [0.25, 0.3) is 0 Å². The highest BCUT2D eigenvalue weighted by atomic mass is 14.8. The van der Waals surface area contributed by atoms with E-state index in [1.54, 1.807) is 0 Å². The van der Waals surface area contributed by atoms with Crippen LogP contribution < -0.4 is 0 Å². The van der Waals surface area contributed by atoms with Crippen molar-refractivity contribution in [2.75, 3.05) is 13.1 Å². The minimum absolute atomic E-state index is 0.920. The molecule has 0 aromatic heterocycles. The molecule has 0 amide bonds. The normalized spacial score (nSPS) is 20.0. The van der Waals surface area contributed by atoms with Gasteiger partial charge in [0.05, 0.1) is 6.01 Å². The highest BCUT2D eigenvalue weighted by Gasteiger charge is 1.87. The molecule has 8 heavy (non-hydrogen) atoms. The summed E-state index contributed by atoms with van der Waals surface area (Å²) in [5.74, 6) is 0. The van der Waals surface area contributed by atoms with Gasteiger partial charge in [-0.25, -0.2) is 9.98 Å². The molecule has 0 fully saturated rings. The molecule has 44 valence electrons. The zero-order valence-electron chi connectivity index (χ0n) is 4.93. The van der Waals surface area contributed by atoms with Crippen LogP contribution in [0.4, 0.5) is 0 Å². The molecule has 1 aliphatic rings. The number of hydrogen-bond donors (Lipinski definition) is 0. The fourth-order valence-corrected chi connectivity index (χ4v) is 0.708. The molecule has 0 atom stereocenters. The number of rotatable bonds is 0. The maximum Gasteiger partial charge on any atom is 0.0892 e. The van der Waals surface area contributed by atoms with E-state index in [-0.39, 0.29) is 0 Å². The van der Waals surface area contributed by atoms with Gasteiger partial charge in [-0.15, -0.1) is 0 Å². The summed E-state index contributed by atoms with van der Waals surface area (Å²) < 4.78 is 0. The lowest BCUT2D eigenvalue weighted by Gasteiger charge is -1.94. The van der Waals surface area contributed by atoms with Crippen LogP contribution in [0.2, 0.25) is 0 Å². The molecule has 2 heteroatoms. The molecule has 0 spiro atoms. The first-order chi connectivity index (χ1) is 4.00. The van der Waals surface area contributed by atoms with Crippen molar-refractivity contribution >= 4 is 6.01 Å². The molecule has 0 aliphatic carbocycles. The van der Waals surface area contributed by atoms with E-state index in [2.05, 4.69) is 16.0 Å². The molecule has 2 nitrogen and oxygen atoms in total. The summed E-state index contributed by atoms with van der Waals surface area (Å²) in [6, 6.07) is 2.64. The van der Waals surface area contributed by atoms with Gasteiger partial charge in [-0.1, -0.05) is 0 Å². The standard InChI is InChI=1S/C6H10N2/c1-2-4-7-6-8-5-3-1/h1-5H2. The first-order valence-corrected chi connectivity index (χ1v) is 3.08. The fourth-order valence-electron chi connectivity index (χ4n) is 0.708. The Kier molecular flexibility index (Phi) is 2.34. The van der Waals surface area contributed by atoms with E-state index in [1.807, 2.05) is 0 Å². The van der Waals surface area contributed by atoms with Crippen LogP contribution in [-0.4, -0.2) is 19.1 Å². The molecule has 1 rings (SSSR count). The van der Waals surface area contributed by atoms with E-state index in [4.69, 9.17) is 0 Å². The zero-order chi connectivity index (χ0) is 5.66. The zero-order valence-corrected chi connectivity index (χ0v) is 4.93. The fraction of sp³-hybridized carbons (Fsp3) is 0.833. The third-order valence-corrected chi connectivity index (χ3v) is 1.18. The minimum Gasteiger partial charge on any atom is -0.226 e. The topological polar surface area (TPSA) is 24.7 Å². The van der Waals surface area contributed by atoms with Crippen LogP contribution in [-0.2, 0) is 0 Å². The van der Waals surface area contributed by atoms with E-state index in [0.717, 1.165) is 13.1 Å². The lowest BCUT2D eigenvalue weighted by molar-refractivity contribution is 0.689. The Morgan fingerprint density at radius 2 is 1.50 bits per heavy atom. The van der Waals surface area contributed by atoms with Crippen molar-refractivity contribution in [3.8, 4) is 0 Å². The van der Waals surface area contributed by atoms with Gasteiger partial charge in [-0.05, 0) is 19.3 Å². The molecular weight excluding hydrogens is 100 g/mol. The first kappa shape index (κ1) is 5.52. The van der Waals surface area contributed by atoms with Gasteiger partial charge in [-0.3, -0.25) is 0 Å². The Bertz CT molecular complexity index is 102. The summed E-state index contributed by atoms with van der Waals surface area (Å²) in [6.45, 7) is 1.84. The van der Waals surface area contributed by atoms with Crippen LogP contribution in [0.3, 0.4) is 0 Å². The molecule has 0 N–H and O–H groups in total. The summed E-state index contributed by atoms with van der Waals surface area (Å²) in [7, 11) is 0. The van der Waals surface area contributed by atoms with Gasteiger partial charge in [0.2, 0.25) is 0 Å². The van der Waals surface area contributed by atoms with E-state index in [9.17, 15) is 0 Å². The van der Waals surface area contributed by atoms with Gasteiger partial charge in [0.25, 0.3) is 0 Å². The van der Waals surface area contributed by atoms with Crippen molar-refractivity contribution in [2.24, 2.45) is 9.98 Å². The molecule has 1 aliphatic heterocycles. The van der Waals surface area contributed by atoms with Crippen molar-refractivity contribution in [1.82, 2.24) is 0 Å². The quantitative estimate of drug-likeness (QED) is 0.449. The average Bonchev–Trinajstić information content (AvgIpc) is 1.62. The molecule has 0 bridgehead atoms. The number of hydrogen-bond acceptors (Lipinski definition) is 2. The van der Waals surface area contributed by atoms with Gasteiger partial charge < -0.3 is 0 Å². The second-order valence-corrected chi connectivity index (χ2v) is 1.92.